The predicted molar refractivity (Wildman–Crippen MR) is 81.0 cm³/mol. The molecule has 0 aliphatic heterocycles. The van der Waals surface area contributed by atoms with Crippen molar-refractivity contribution in [3.05, 3.63) is 64.8 Å². The summed E-state index contributed by atoms with van der Waals surface area (Å²) in [6.45, 7) is 0. The van der Waals surface area contributed by atoms with Crippen LogP contribution in [0.1, 0.15) is 0 Å². The maximum atomic E-state index is 13.3. The minimum absolute atomic E-state index is 0.353. The van der Waals surface area contributed by atoms with E-state index >= 15 is 0 Å². The highest BCUT2D eigenvalue weighted by Gasteiger charge is 2.13. The number of benzene rings is 2. The Kier molecular flexibility index (Phi) is 3.47. The number of anilines is 1. The Labute approximate surface area is 128 Å². The van der Waals surface area contributed by atoms with Gasteiger partial charge in [-0.3, -0.25) is 0 Å². The molecule has 0 saturated carbocycles. The van der Waals surface area contributed by atoms with Gasteiger partial charge in [0, 0.05) is 10.0 Å². The van der Waals surface area contributed by atoms with Crippen molar-refractivity contribution in [3.63, 3.8) is 0 Å². The number of halogens is 3. The molecule has 1 aromatic heterocycles. The van der Waals surface area contributed by atoms with E-state index in [9.17, 15) is 8.78 Å². The summed E-state index contributed by atoms with van der Waals surface area (Å²) in [6.07, 6.45) is 1.60. The largest absolute Gasteiger partial charge is 0.396 e. The smallest absolute Gasteiger partial charge is 0.125 e. The zero-order valence-corrected chi connectivity index (χ0v) is 12.3. The van der Waals surface area contributed by atoms with Gasteiger partial charge in [0.15, 0.2) is 0 Å². The fourth-order valence-electron chi connectivity index (χ4n) is 2.03. The summed E-state index contributed by atoms with van der Waals surface area (Å²) in [4.78, 5) is 0. The third kappa shape index (κ3) is 2.67. The van der Waals surface area contributed by atoms with E-state index in [2.05, 4.69) is 21.0 Å². The van der Waals surface area contributed by atoms with Crippen molar-refractivity contribution >= 4 is 21.6 Å². The zero-order valence-electron chi connectivity index (χ0n) is 10.7. The monoisotopic (exact) mass is 349 g/mol. The second-order valence-electron chi connectivity index (χ2n) is 4.48. The van der Waals surface area contributed by atoms with Crippen molar-refractivity contribution in [1.82, 2.24) is 9.78 Å². The molecule has 0 radical (unpaired) electrons. The first-order valence-corrected chi connectivity index (χ1v) is 6.90. The van der Waals surface area contributed by atoms with Gasteiger partial charge < -0.3 is 5.73 Å². The van der Waals surface area contributed by atoms with E-state index in [1.807, 2.05) is 0 Å². The third-order valence-electron chi connectivity index (χ3n) is 3.00. The summed E-state index contributed by atoms with van der Waals surface area (Å²) in [5.41, 5.74) is 8.12. The van der Waals surface area contributed by atoms with Crippen LogP contribution >= 0.6 is 15.9 Å². The Hall–Kier alpha value is -2.21. The van der Waals surface area contributed by atoms with Crippen LogP contribution in [0.4, 0.5) is 14.5 Å². The standard InChI is InChI=1S/C15H10BrF2N3/c16-13-7-10(18)4-5-12(13)15-14(19)8-21(20-15)11-3-1-2-9(17)6-11/h1-8H,19H2. The second-order valence-corrected chi connectivity index (χ2v) is 5.34. The first-order chi connectivity index (χ1) is 10.0. The Balaban J connectivity index is 2.10. The molecule has 2 N–H and O–H groups in total. The average Bonchev–Trinajstić information content (AvgIpc) is 2.81. The van der Waals surface area contributed by atoms with Crippen LogP contribution in [0, 0.1) is 11.6 Å². The van der Waals surface area contributed by atoms with Crippen molar-refractivity contribution in [1.29, 1.82) is 0 Å². The Morgan fingerprint density at radius 3 is 2.52 bits per heavy atom. The predicted octanol–water partition coefficient (Wildman–Crippen LogP) is 4.16. The molecule has 0 aliphatic carbocycles. The highest BCUT2D eigenvalue weighted by Crippen LogP contribution is 2.32. The minimum atomic E-state index is -0.355. The van der Waals surface area contributed by atoms with Crippen LogP contribution in [0.25, 0.3) is 16.9 Å². The molecule has 0 spiro atoms. The maximum Gasteiger partial charge on any atom is 0.125 e. The fraction of sp³-hybridized carbons (Fsp3) is 0. The van der Waals surface area contributed by atoms with Gasteiger partial charge >= 0.3 is 0 Å². The highest BCUT2D eigenvalue weighted by molar-refractivity contribution is 9.10. The molecule has 3 rings (SSSR count). The molecule has 0 saturated heterocycles. The molecule has 0 aliphatic rings. The number of aromatic nitrogens is 2. The molecule has 2 aromatic carbocycles. The van der Waals surface area contributed by atoms with Crippen LogP contribution in [0.5, 0.6) is 0 Å². The zero-order chi connectivity index (χ0) is 15.0. The number of nitrogens with zero attached hydrogens (tertiary/aromatic N) is 2. The van der Waals surface area contributed by atoms with Crippen molar-refractivity contribution in [2.45, 2.75) is 0 Å². The van der Waals surface area contributed by atoms with Gasteiger partial charge in [0.1, 0.15) is 17.3 Å². The summed E-state index contributed by atoms with van der Waals surface area (Å²) >= 11 is 3.29. The number of nitrogen functional groups attached to an aromatic ring is 1. The molecule has 106 valence electrons. The van der Waals surface area contributed by atoms with Crippen LogP contribution in [0.2, 0.25) is 0 Å². The van der Waals surface area contributed by atoms with E-state index < -0.39 is 0 Å². The van der Waals surface area contributed by atoms with E-state index in [-0.39, 0.29) is 11.6 Å². The van der Waals surface area contributed by atoms with E-state index in [1.165, 1.54) is 28.9 Å². The molecule has 0 amide bonds. The number of hydrogen-bond donors (Lipinski definition) is 1. The maximum absolute atomic E-state index is 13.3. The van der Waals surface area contributed by atoms with E-state index in [1.54, 1.807) is 24.4 Å². The van der Waals surface area contributed by atoms with Crippen LogP contribution in [0.15, 0.2) is 53.1 Å². The van der Waals surface area contributed by atoms with Crippen LogP contribution in [-0.2, 0) is 0 Å². The number of hydrogen-bond acceptors (Lipinski definition) is 2. The van der Waals surface area contributed by atoms with E-state index in [4.69, 9.17) is 5.73 Å². The van der Waals surface area contributed by atoms with Gasteiger partial charge in [-0.1, -0.05) is 6.07 Å². The average molecular weight is 350 g/mol. The van der Waals surface area contributed by atoms with Crippen LogP contribution < -0.4 is 5.73 Å². The van der Waals surface area contributed by atoms with Crippen molar-refractivity contribution in [2.75, 3.05) is 5.73 Å². The molecule has 0 fully saturated rings. The molecule has 3 nitrogen and oxygen atoms in total. The lowest BCUT2D eigenvalue weighted by atomic mass is 10.1. The van der Waals surface area contributed by atoms with Crippen molar-refractivity contribution in [3.8, 4) is 16.9 Å². The van der Waals surface area contributed by atoms with Crippen molar-refractivity contribution in [2.24, 2.45) is 0 Å². The SMILES string of the molecule is Nc1cn(-c2cccc(F)c2)nc1-c1ccc(F)cc1Br. The van der Waals surface area contributed by atoms with Gasteiger partial charge in [-0.2, -0.15) is 5.10 Å². The fourth-order valence-corrected chi connectivity index (χ4v) is 2.57. The van der Waals surface area contributed by atoms with E-state index in [0.717, 1.165) is 0 Å². The highest BCUT2D eigenvalue weighted by atomic mass is 79.9. The summed E-state index contributed by atoms with van der Waals surface area (Å²) in [7, 11) is 0. The molecule has 21 heavy (non-hydrogen) atoms. The van der Waals surface area contributed by atoms with Gasteiger partial charge in [-0.25, -0.2) is 13.5 Å². The van der Waals surface area contributed by atoms with Crippen molar-refractivity contribution < 1.29 is 8.78 Å². The number of nitrogens with two attached hydrogens (primary N) is 1. The Morgan fingerprint density at radius 2 is 1.81 bits per heavy atom. The first-order valence-electron chi connectivity index (χ1n) is 6.11. The van der Waals surface area contributed by atoms with Crippen LogP contribution in [-0.4, -0.2) is 9.78 Å². The van der Waals surface area contributed by atoms with Gasteiger partial charge in [-0.05, 0) is 52.3 Å². The topological polar surface area (TPSA) is 43.8 Å². The lowest BCUT2D eigenvalue weighted by Gasteiger charge is -2.03. The molecular weight excluding hydrogens is 340 g/mol. The molecule has 1 heterocycles. The quantitative estimate of drug-likeness (QED) is 0.754. The normalized spacial score (nSPS) is 10.8. The first kappa shape index (κ1) is 13.8. The molecule has 3 aromatic rings. The van der Waals surface area contributed by atoms with Gasteiger partial charge in [0.05, 0.1) is 17.6 Å². The summed E-state index contributed by atoms with van der Waals surface area (Å²) in [5.74, 6) is -0.708. The molecule has 0 unspecified atom stereocenters. The molecule has 6 heteroatoms. The lowest BCUT2D eigenvalue weighted by Crippen LogP contribution is -1.95. The van der Waals surface area contributed by atoms with Gasteiger partial charge in [-0.15, -0.1) is 0 Å². The van der Waals surface area contributed by atoms with E-state index in [0.29, 0.717) is 27.1 Å². The molecular formula is C15H10BrF2N3. The number of rotatable bonds is 2. The molecule has 0 atom stereocenters. The minimum Gasteiger partial charge on any atom is -0.396 e. The third-order valence-corrected chi connectivity index (χ3v) is 3.66. The van der Waals surface area contributed by atoms with Gasteiger partial charge in [0.2, 0.25) is 0 Å². The van der Waals surface area contributed by atoms with Gasteiger partial charge in [0.25, 0.3) is 0 Å². The second kappa shape index (κ2) is 5.29. The Morgan fingerprint density at radius 1 is 1.05 bits per heavy atom. The summed E-state index contributed by atoms with van der Waals surface area (Å²) in [5, 5.41) is 4.35. The lowest BCUT2D eigenvalue weighted by molar-refractivity contribution is 0.625. The Bertz CT molecular complexity index is 814. The summed E-state index contributed by atoms with van der Waals surface area (Å²) in [6, 6.07) is 10.3. The molecule has 0 bridgehead atoms. The van der Waals surface area contributed by atoms with Crippen LogP contribution in [0.3, 0.4) is 0 Å². The summed E-state index contributed by atoms with van der Waals surface area (Å²) < 4.78 is 28.5.